The lowest BCUT2D eigenvalue weighted by atomic mass is 10.1. The summed E-state index contributed by atoms with van der Waals surface area (Å²) in [6.45, 7) is 0.555. The molecule has 103 valence electrons. The van der Waals surface area contributed by atoms with E-state index in [0.29, 0.717) is 18.0 Å². The first-order valence-electron chi connectivity index (χ1n) is 6.40. The van der Waals surface area contributed by atoms with Gasteiger partial charge in [-0.05, 0) is 42.7 Å². The molecule has 20 heavy (non-hydrogen) atoms. The minimum absolute atomic E-state index is 0.197. The van der Waals surface area contributed by atoms with Gasteiger partial charge in [0, 0.05) is 5.69 Å². The van der Waals surface area contributed by atoms with Crippen molar-refractivity contribution in [3.05, 3.63) is 54.1 Å². The van der Waals surface area contributed by atoms with Crippen LogP contribution in [-0.4, -0.2) is 15.0 Å². The van der Waals surface area contributed by atoms with Crippen molar-refractivity contribution in [1.82, 2.24) is 0 Å². The highest BCUT2D eigenvalue weighted by atomic mass is 32.2. The number of benzene rings is 2. The molecule has 0 aliphatic carbocycles. The first-order chi connectivity index (χ1) is 9.67. The summed E-state index contributed by atoms with van der Waals surface area (Å²) in [4.78, 5) is 0.197. The van der Waals surface area contributed by atoms with Crippen LogP contribution in [0.2, 0.25) is 0 Å². The number of sulfonamides is 1. The van der Waals surface area contributed by atoms with Gasteiger partial charge in [0.15, 0.2) is 0 Å². The Bertz CT molecular complexity index is 711. The third-order valence-corrected chi connectivity index (χ3v) is 4.56. The Morgan fingerprint density at radius 1 is 1.15 bits per heavy atom. The van der Waals surface area contributed by atoms with Gasteiger partial charge in [-0.1, -0.05) is 24.3 Å². The van der Waals surface area contributed by atoms with Crippen molar-refractivity contribution in [3.8, 4) is 5.75 Å². The number of hydrogen-bond acceptors (Lipinski definition) is 3. The molecule has 2 aromatic rings. The molecule has 4 nitrogen and oxygen atoms in total. The van der Waals surface area contributed by atoms with Crippen molar-refractivity contribution in [2.24, 2.45) is 0 Å². The van der Waals surface area contributed by atoms with Crippen molar-refractivity contribution in [1.29, 1.82) is 0 Å². The number of para-hydroxylation sites is 1. The van der Waals surface area contributed by atoms with Crippen LogP contribution in [0, 0.1) is 6.07 Å². The monoisotopic (exact) mass is 288 g/mol. The quantitative estimate of drug-likeness (QED) is 0.944. The normalized spacial score (nSPS) is 14.2. The standard InChI is InChI=1S/C15H14NO3S/c17-20(18,16-13-8-2-1-3-9-13)14-10-4-6-12-7-5-11-19-15(12)14/h2-4,6,8-10,16H,5,7,11H2. The van der Waals surface area contributed by atoms with Gasteiger partial charge in [-0.3, -0.25) is 4.72 Å². The highest BCUT2D eigenvalue weighted by Gasteiger charge is 2.23. The summed E-state index contributed by atoms with van der Waals surface area (Å²) in [6.07, 6.45) is 1.76. The Hall–Kier alpha value is -2.01. The highest BCUT2D eigenvalue weighted by molar-refractivity contribution is 7.92. The summed E-state index contributed by atoms with van der Waals surface area (Å²) in [5.74, 6) is 0.480. The van der Waals surface area contributed by atoms with Crippen molar-refractivity contribution >= 4 is 15.7 Å². The van der Waals surface area contributed by atoms with E-state index in [-0.39, 0.29) is 4.90 Å². The van der Waals surface area contributed by atoms with E-state index >= 15 is 0 Å². The third-order valence-electron chi connectivity index (χ3n) is 3.16. The summed E-state index contributed by atoms with van der Waals surface area (Å²) >= 11 is 0. The fourth-order valence-corrected chi connectivity index (χ4v) is 3.48. The van der Waals surface area contributed by atoms with Crippen LogP contribution in [0.15, 0.2) is 47.4 Å². The van der Waals surface area contributed by atoms with E-state index in [4.69, 9.17) is 4.74 Å². The molecule has 0 bridgehead atoms. The number of anilines is 1. The maximum atomic E-state index is 12.5. The van der Waals surface area contributed by atoms with E-state index in [1.54, 1.807) is 36.4 Å². The van der Waals surface area contributed by atoms with Crippen LogP contribution in [-0.2, 0) is 16.4 Å². The molecule has 0 spiro atoms. The smallest absolute Gasteiger partial charge is 0.265 e. The highest BCUT2D eigenvalue weighted by Crippen LogP contribution is 2.32. The number of nitrogens with one attached hydrogen (secondary N) is 1. The number of fused-ring (bicyclic) bond motifs is 1. The Morgan fingerprint density at radius 3 is 2.75 bits per heavy atom. The Morgan fingerprint density at radius 2 is 1.95 bits per heavy atom. The summed E-state index contributed by atoms with van der Waals surface area (Å²) in [5, 5.41) is 0. The summed E-state index contributed by atoms with van der Waals surface area (Å²) in [7, 11) is -3.64. The molecule has 0 saturated heterocycles. The van der Waals surface area contributed by atoms with Gasteiger partial charge in [-0.15, -0.1) is 0 Å². The second-order valence-corrected chi connectivity index (χ2v) is 6.24. The van der Waals surface area contributed by atoms with Crippen LogP contribution in [0.25, 0.3) is 0 Å². The second-order valence-electron chi connectivity index (χ2n) is 4.59. The van der Waals surface area contributed by atoms with E-state index in [9.17, 15) is 8.42 Å². The minimum Gasteiger partial charge on any atom is -0.492 e. The zero-order chi connectivity index (χ0) is 14.0. The molecule has 1 aliphatic heterocycles. The molecule has 1 radical (unpaired) electrons. The fraction of sp³-hybridized carbons (Fsp3) is 0.200. The molecule has 0 amide bonds. The van der Waals surface area contributed by atoms with Crippen LogP contribution < -0.4 is 9.46 Å². The minimum atomic E-state index is -3.64. The van der Waals surface area contributed by atoms with E-state index in [1.165, 1.54) is 0 Å². The summed E-state index contributed by atoms with van der Waals surface area (Å²) < 4.78 is 33.1. The average molecular weight is 288 g/mol. The molecule has 0 atom stereocenters. The molecule has 1 N–H and O–H groups in total. The average Bonchev–Trinajstić information content (AvgIpc) is 2.47. The molecular weight excluding hydrogens is 274 g/mol. The molecular formula is C15H14NO3S. The topological polar surface area (TPSA) is 55.4 Å². The number of rotatable bonds is 3. The molecule has 1 aliphatic rings. The second kappa shape index (κ2) is 5.17. The first-order valence-corrected chi connectivity index (χ1v) is 7.89. The number of ether oxygens (including phenoxy) is 1. The molecule has 0 saturated carbocycles. The molecule has 5 heteroatoms. The van der Waals surface area contributed by atoms with Gasteiger partial charge >= 0.3 is 0 Å². The van der Waals surface area contributed by atoms with Gasteiger partial charge in [0.05, 0.1) is 6.61 Å². The van der Waals surface area contributed by atoms with Gasteiger partial charge in [0.1, 0.15) is 10.6 Å². The van der Waals surface area contributed by atoms with Crippen LogP contribution in [0.5, 0.6) is 5.75 Å². The maximum Gasteiger partial charge on any atom is 0.265 e. The van der Waals surface area contributed by atoms with Crippen molar-refractivity contribution in [2.45, 2.75) is 17.7 Å². The van der Waals surface area contributed by atoms with Gasteiger partial charge < -0.3 is 4.74 Å². The zero-order valence-electron chi connectivity index (χ0n) is 10.8. The molecule has 2 aromatic carbocycles. The van der Waals surface area contributed by atoms with E-state index in [2.05, 4.69) is 10.8 Å². The van der Waals surface area contributed by atoms with Crippen LogP contribution in [0.4, 0.5) is 5.69 Å². The molecule has 0 fully saturated rings. The lowest BCUT2D eigenvalue weighted by Crippen LogP contribution is -2.17. The van der Waals surface area contributed by atoms with Gasteiger partial charge in [-0.2, -0.15) is 0 Å². The first kappa shape index (κ1) is 13.0. The van der Waals surface area contributed by atoms with E-state index in [0.717, 1.165) is 18.4 Å². The lowest BCUT2D eigenvalue weighted by molar-refractivity contribution is 0.280. The molecule has 0 aromatic heterocycles. The predicted molar refractivity (Wildman–Crippen MR) is 76.3 cm³/mol. The fourth-order valence-electron chi connectivity index (χ4n) is 2.24. The predicted octanol–water partition coefficient (Wildman–Crippen LogP) is 2.61. The van der Waals surface area contributed by atoms with Crippen molar-refractivity contribution < 1.29 is 13.2 Å². The molecule has 3 rings (SSSR count). The van der Waals surface area contributed by atoms with E-state index in [1.807, 2.05) is 6.07 Å². The number of aryl methyl sites for hydroxylation is 1. The van der Waals surface area contributed by atoms with Crippen molar-refractivity contribution in [2.75, 3.05) is 11.3 Å². The lowest BCUT2D eigenvalue weighted by Gasteiger charge is -2.20. The van der Waals surface area contributed by atoms with Gasteiger partial charge in [0.2, 0.25) is 0 Å². The van der Waals surface area contributed by atoms with Crippen LogP contribution in [0.1, 0.15) is 12.0 Å². The summed E-state index contributed by atoms with van der Waals surface area (Å²) in [5.41, 5.74) is 1.46. The molecule has 0 unspecified atom stereocenters. The largest absolute Gasteiger partial charge is 0.492 e. The van der Waals surface area contributed by atoms with Crippen LogP contribution >= 0.6 is 0 Å². The van der Waals surface area contributed by atoms with E-state index < -0.39 is 10.0 Å². The Balaban J connectivity index is 2.00. The molecule has 1 heterocycles. The number of hydrogen-bond donors (Lipinski definition) is 1. The third kappa shape index (κ3) is 2.49. The maximum absolute atomic E-state index is 12.5. The van der Waals surface area contributed by atoms with Gasteiger partial charge in [-0.25, -0.2) is 8.42 Å². The SMILES string of the molecule is O=S(=O)(Nc1cc[c]cc1)c1cccc2c1OCCC2. The zero-order valence-corrected chi connectivity index (χ0v) is 11.6. The Kier molecular flexibility index (Phi) is 3.36. The van der Waals surface area contributed by atoms with Crippen LogP contribution in [0.3, 0.4) is 0 Å². The summed E-state index contributed by atoms with van der Waals surface area (Å²) in [6, 6.07) is 14.7. The van der Waals surface area contributed by atoms with Gasteiger partial charge in [0.25, 0.3) is 10.0 Å². The Labute approximate surface area is 118 Å². The van der Waals surface area contributed by atoms with Crippen molar-refractivity contribution in [3.63, 3.8) is 0 Å².